The fourth-order valence-corrected chi connectivity index (χ4v) is 8.56. The van der Waals surface area contributed by atoms with Crippen molar-refractivity contribution in [2.24, 2.45) is 0 Å². The Bertz CT molecular complexity index is 2690. The van der Waals surface area contributed by atoms with Crippen LogP contribution < -0.4 is 5.32 Å². The summed E-state index contributed by atoms with van der Waals surface area (Å²) in [5, 5.41) is 8.76. The molecule has 9 aromatic carbocycles. The van der Waals surface area contributed by atoms with E-state index in [0.717, 1.165) is 11.4 Å². The Morgan fingerprint density at radius 3 is 1.52 bits per heavy atom. The van der Waals surface area contributed by atoms with E-state index in [-0.39, 0.29) is 0 Å². The predicted octanol–water partition coefficient (Wildman–Crippen LogP) is 13.4. The van der Waals surface area contributed by atoms with E-state index in [2.05, 4.69) is 212 Å². The van der Waals surface area contributed by atoms with Crippen molar-refractivity contribution in [1.82, 2.24) is 0 Å². The van der Waals surface area contributed by atoms with Gasteiger partial charge in [-0.05, 0) is 114 Å². The highest BCUT2D eigenvalue weighted by Gasteiger charge is 2.46. The van der Waals surface area contributed by atoms with Crippen LogP contribution in [0.2, 0.25) is 0 Å². The van der Waals surface area contributed by atoms with E-state index >= 15 is 0 Å². The van der Waals surface area contributed by atoms with Crippen LogP contribution in [0.5, 0.6) is 0 Å². The van der Waals surface area contributed by atoms with Gasteiger partial charge in [0.15, 0.2) is 0 Å². The van der Waals surface area contributed by atoms with Gasteiger partial charge in [-0.25, -0.2) is 0 Å². The van der Waals surface area contributed by atoms with Crippen LogP contribution in [0.3, 0.4) is 0 Å². The Labute approximate surface area is 304 Å². The summed E-state index contributed by atoms with van der Waals surface area (Å²) in [4.78, 5) is 0. The Hall–Kier alpha value is -6.70. The SMILES string of the molecule is c1ccc(C2(c3ccccc3)c3ccccc3-c3ccc(-c4ccc(Nc5ccc(-c6cc7ccccc7c7ccccc67)cc5)cc4)cc32)cc1. The second-order valence-electron chi connectivity index (χ2n) is 13.8. The zero-order valence-electron chi connectivity index (χ0n) is 28.6. The van der Waals surface area contributed by atoms with Crippen molar-refractivity contribution in [3.63, 3.8) is 0 Å². The van der Waals surface area contributed by atoms with Gasteiger partial charge in [0.25, 0.3) is 0 Å². The monoisotopic (exact) mass is 661 g/mol. The number of anilines is 2. The molecule has 1 aliphatic rings. The molecule has 0 spiro atoms. The third-order valence-electron chi connectivity index (χ3n) is 10.9. The van der Waals surface area contributed by atoms with Gasteiger partial charge < -0.3 is 5.32 Å². The molecule has 9 aromatic rings. The molecule has 0 bridgehead atoms. The molecule has 244 valence electrons. The van der Waals surface area contributed by atoms with E-state index in [0.29, 0.717) is 0 Å². The van der Waals surface area contributed by atoms with Crippen molar-refractivity contribution in [3.05, 3.63) is 229 Å². The number of hydrogen-bond acceptors (Lipinski definition) is 1. The van der Waals surface area contributed by atoms with E-state index in [1.165, 1.54) is 77.2 Å². The van der Waals surface area contributed by atoms with E-state index in [1.807, 2.05) is 0 Å². The third-order valence-corrected chi connectivity index (χ3v) is 10.9. The van der Waals surface area contributed by atoms with Crippen molar-refractivity contribution in [3.8, 4) is 33.4 Å². The van der Waals surface area contributed by atoms with Crippen molar-refractivity contribution in [2.45, 2.75) is 5.41 Å². The molecule has 1 N–H and O–H groups in total. The molecular weight excluding hydrogens is 627 g/mol. The molecule has 0 aliphatic heterocycles. The van der Waals surface area contributed by atoms with Crippen molar-refractivity contribution >= 4 is 32.9 Å². The van der Waals surface area contributed by atoms with Crippen LogP contribution in [0, 0.1) is 0 Å². The highest BCUT2D eigenvalue weighted by molar-refractivity contribution is 6.13. The van der Waals surface area contributed by atoms with Gasteiger partial charge in [0.05, 0.1) is 5.41 Å². The van der Waals surface area contributed by atoms with Gasteiger partial charge in [0.1, 0.15) is 0 Å². The zero-order valence-corrected chi connectivity index (χ0v) is 28.6. The van der Waals surface area contributed by atoms with Gasteiger partial charge in [-0.3, -0.25) is 0 Å². The molecule has 0 fully saturated rings. The van der Waals surface area contributed by atoms with Crippen LogP contribution in [0.25, 0.3) is 54.9 Å². The molecular formula is C51H35N. The second kappa shape index (κ2) is 12.3. The summed E-state index contributed by atoms with van der Waals surface area (Å²) in [5.41, 5.74) is 14.4. The van der Waals surface area contributed by atoms with Gasteiger partial charge in [-0.2, -0.15) is 0 Å². The van der Waals surface area contributed by atoms with Crippen LogP contribution in [0.4, 0.5) is 11.4 Å². The summed E-state index contributed by atoms with van der Waals surface area (Å²) >= 11 is 0. The Kier molecular flexibility index (Phi) is 7.11. The molecule has 52 heavy (non-hydrogen) atoms. The first-order chi connectivity index (χ1) is 25.8. The Balaban J connectivity index is 0.980. The molecule has 1 heteroatoms. The number of nitrogens with one attached hydrogen (secondary N) is 1. The average molecular weight is 662 g/mol. The molecule has 1 nitrogen and oxygen atoms in total. The van der Waals surface area contributed by atoms with Crippen molar-refractivity contribution < 1.29 is 0 Å². The summed E-state index contributed by atoms with van der Waals surface area (Å²) < 4.78 is 0. The molecule has 0 saturated heterocycles. The van der Waals surface area contributed by atoms with Gasteiger partial charge in [-0.1, -0.05) is 170 Å². The summed E-state index contributed by atoms with van der Waals surface area (Å²) in [6.07, 6.45) is 0. The largest absolute Gasteiger partial charge is 0.356 e. The summed E-state index contributed by atoms with van der Waals surface area (Å²) in [6, 6.07) is 75.3. The minimum absolute atomic E-state index is 0.406. The fourth-order valence-electron chi connectivity index (χ4n) is 8.56. The standard InChI is InChI=1S/C51H35N/c1-3-14-39(15-4-1)51(40-16-5-2-6-17-40)49-22-12-11-21-46(49)47-32-27-37(34-50(47)51)35-23-28-41(29-24-35)52-42-30-25-36(26-31-42)48-33-38-13-7-8-18-43(38)44-19-9-10-20-45(44)48/h1-34,52H. The number of benzene rings is 9. The maximum Gasteiger partial charge on any atom is 0.0713 e. The molecule has 0 heterocycles. The van der Waals surface area contributed by atoms with Crippen LogP contribution in [0.15, 0.2) is 206 Å². The first kappa shape index (κ1) is 30.2. The fraction of sp³-hybridized carbons (Fsp3) is 0.0196. The summed E-state index contributed by atoms with van der Waals surface area (Å²) in [5.74, 6) is 0. The quantitative estimate of drug-likeness (QED) is 0.175. The van der Waals surface area contributed by atoms with Gasteiger partial charge in [0.2, 0.25) is 0 Å². The number of fused-ring (bicyclic) bond motifs is 6. The normalized spacial score (nSPS) is 12.8. The first-order valence-electron chi connectivity index (χ1n) is 18.0. The lowest BCUT2D eigenvalue weighted by molar-refractivity contribution is 0.769. The Morgan fingerprint density at radius 2 is 0.827 bits per heavy atom. The van der Waals surface area contributed by atoms with Gasteiger partial charge in [-0.15, -0.1) is 0 Å². The lowest BCUT2D eigenvalue weighted by Crippen LogP contribution is -2.28. The van der Waals surface area contributed by atoms with E-state index < -0.39 is 5.41 Å². The van der Waals surface area contributed by atoms with Gasteiger partial charge in [0, 0.05) is 11.4 Å². The van der Waals surface area contributed by atoms with E-state index in [1.54, 1.807) is 0 Å². The maximum absolute atomic E-state index is 3.64. The van der Waals surface area contributed by atoms with E-state index in [4.69, 9.17) is 0 Å². The second-order valence-corrected chi connectivity index (χ2v) is 13.8. The zero-order chi connectivity index (χ0) is 34.5. The Morgan fingerprint density at radius 1 is 0.308 bits per heavy atom. The van der Waals surface area contributed by atoms with Gasteiger partial charge >= 0.3 is 0 Å². The minimum atomic E-state index is -0.406. The molecule has 0 atom stereocenters. The van der Waals surface area contributed by atoms with Crippen LogP contribution in [-0.2, 0) is 5.41 Å². The molecule has 0 radical (unpaired) electrons. The van der Waals surface area contributed by atoms with Crippen LogP contribution in [-0.4, -0.2) is 0 Å². The molecule has 1 aliphatic carbocycles. The predicted molar refractivity (Wildman–Crippen MR) is 219 cm³/mol. The van der Waals surface area contributed by atoms with Crippen LogP contribution in [0.1, 0.15) is 22.3 Å². The van der Waals surface area contributed by atoms with Crippen molar-refractivity contribution in [1.29, 1.82) is 0 Å². The van der Waals surface area contributed by atoms with Crippen molar-refractivity contribution in [2.75, 3.05) is 5.32 Å². The average Bonchev–Trinajstić information content (AvgIpc) is 3.52. The smallest absolute Gasteiger partial charge is 0.0713 e. The first-order valence-corrected chi connectivity index (χ1v) is 18.0. The molecule has 10 rings (SSSR count). The lowest BCUT2D eigenvalue weighted by atomic mass is 9.67. The summed E-state index contributed by atoms with van der Waals surface area (Å²) in [7, 11) is 0. The highest BCUT2D eigenvalue weighted by Crippen LogP contribution is 2.56. The number of rotatable bonds is 6. The van der Waals surface area contributed by atoms with E-state index in [9.17, 15) is 0 Å². The third kappa shape index (κ3) is 4.78. The topological polar surface area (TPSA) is 12.0 Å². The summed E-state index contributed by atoms with van der Waals surface area (Å²) in [6.45, 7) is 0. The number of hydrogen-bond donors (Lipinski definition) is 1. The maximum atomic E-state index is 3.64. The molecule has 0 saturated carbocycles. The molecule has 0 amide bonds. The lowest BCUT2D eigenvalue weighted by Gasteiger charge is -2.34. The highest BCUT2D eigenvalue weighted by atomic mass is 14.9. The molecule has 0 unspecified atom stereocenters. The van der Waals surface area contributed by atoms with Crippen LogP contribution >= 0.6 is 0 Å². The molecule has 0 aromatic heterocycles. The minimum Gasteiger partial charge on any atom is -0.356 e.